The van der Waals surface area contributed by atoms with Gasteiger partial charge in [0.15, 0.2) is 0 Å². The van der Waals surface area contributed by atoms with Gasteiger partial charge in [0.1, 0.15) is 5.75 Å². The molecule has 4 nitrogen and oxygen atoms in total. The van der Waals surface area contributed by atoms with Crippen LogP contribution in [0.15, 0.2) is 24.3 Å². The molecule has 0 fully saturated rings. The van der Waals surface area contributed by atoms with Crippen molar-refractivity contribution in [3.63, 3.8) is 0 Å². The minimum atomic E-state index is -0.0857. The second kappa shape index (κ2) is 7.79. The van der Waals surface area contributed by atoms with Gasteiger partial charge in [-0.1, -0.05) is 31.5 Å². The van der Waals surface area contributed by atoms with Crippen LogP contribution >= 0.6 is 0 Å². The van der Waals surface area contributed by atoms with Crippen LogP contribution < -0.4 is 15.8 Å². The summed E-state index contributed by atoms with van der Waals surface area (Å²) in [6, 6.07) is 7.54. The third-order valence-corrected chi connectivity index (χ3v) is 3.09. The lowest BCUT2D eigenvalue weighted by atomic mass is 10.1. The van der Waals surface area contributed by atoms with Crippen molar-refractivity contribution in [2.24, 2.45) is 5.73 Å². The van der Waals surface area contributed by atoms with Gasteiger partial charge < -0.3 is 15.8 Å². The Balaban J connectivity index is 2.59. The number of benzene rings is 1. The second-order valence-corrected chi connectivity index (χ2v) is 4.78. The summed E-state index contributed by atoms with van der Waals surface area (Å²) in [4.78, 5) is 11.9. The van der Waals surface area contributed by atoms with Crippen molar-refractivity contribution in [2.45, 2.75) is 45.2 Å². The van der Waals surface area contributed by atoms with Gasteiger partial charge in [-0.2, -0.15) is 0 Å². The van der Waals surface area contributed by atoms with Crippen molar-refractivity contribution in [2.75, 3.05) is 7.11 Å². The Hall–Kier alpha value is -1.55. The van der Waals surface area contributed by atoms with Crippen molar-refractivity contribution in [1.29, 1.82) is 0 Å². The smallest absolute Gasteiger partial charge is 0.222 e. The molecule has 0 saturated heterocycles. The van der Waals surface area contributed by atoms with E-state index in [-0.39, 0.29) is 18.0 Å². The molecule has 106 valence electrons. The average Bonchev–Trinajstić information content (AvgIpc) is 2.38. The SMILES string of the molecule is CCCC(N)CC(=O)N[C@@H](C)c1ccccc1OC. The molecular weight excluding hydrogens is 240 g/mol. The predicted octanol–water partition coefficient (Wildman–Crippen LogP) is 2.39. The fourth-order valence-corrected chi connectivity index (χ4v) is 2.11. The number of carbonyl (C=O) groups excluding carboxylic acids is 1. The molecule has 1 aromatic rings. The lowest BCUT2D eigenvalue weighted by Crippen LogP contribution is -2.33. The zero-order valence-corrected chi connectivity index (χ0v) is 12.0. The molecule has 0 heterocycles. The first-order valence-corrected chi connectivity index (χ1v) is 6.76. The summed E-state index contributed by atoms with van der Waals surface area (Å²) in [5.41, 5.74) is 6.84. The van der Waals surface area contributed by atoms with Gasteiger partial charge in [0.2, 0.25) is 5.91 Å². The molecule has 0 aliphatic rings. The van der Waals surface area contributed by atoms with Crippen LogP contribution in [0.1, 0.15) is 44.7 Å². The monoisotopic (exact) mass is 264 g/mol. The van der Waals surface area contributed by atoms with Gasteiger partial charge in [0.05, 0.1) is 13.2 Å². The Bertz CT molecular complexity index is 407. The van der Waals surface area contributed by atoms with Gasteiger partial charge in [-0.05, 0) is 19.4 Å². The molecule has 0 aliphatic heterocycles. The van der Waals surface area contributed by atoms with Gasteiger partial charge >= 0.3 is 0 Å². The van der Waals surface area contributed by atoms with E-state index in [1.54, 1.807) is 7.11 Å². The number of nitrogens with two attached hydrogens (primary N) is 1. The molecule has 3 N–H and O–H groups in total. The number of rotatable bonds is 7. The lowest BCUT2D eigenvalue weighted by molar-refractivity contribution is -0.122. The maximum absolute atomic E-state index is 11.9. The van der Waals surface area contributed by atoms with E-state index in [1.807, 2.05) is 31.2 Å². The molecule has 2 atom stereocenters. The van der Waals surface area contributed by atoms with E-state index in [0.29, 0.717) is 6.42 Å². The highest BCUT2D eigenvalue weighted by Crippen LogP contribution is 2.24. The molecule has 0 saturated carbocycles. The summed E-state index contributed by atoms with van der Waals surface area (Å²) < 4.78 is 5.29. The number of para-hydroxylation sites is 1. The van der Waals surface area contributed by atoms with Crippen LogP contribution in [0.5, 0.6) is 5.75 Å². The fourth-order valence-electron chi connectivity index (χ4n) is 2.11. The first kappa shape index (κ1) is 15.5. The van der Waals surface area contributed by atoms with Crippen LogP contribution in [0.4, 0.5) is 0 Å². The van der Waals surface area contributed by atoms with Crippen LogP contribution in [-0.4, -0.2) is 19.1 Å². The number of amides is 1. The Morgan fingerprint density at radius 3 is 2.74 bits per heavy atom. The molecule has 1 rings (SSSR count). The summed E-state index contributed by atoms with van der Waals surface area (Å²) >= 11 is 0. The molecular formula is C15H24N2O2. The minimum Gasteiger partial charge on any atom is -0.496 e. The summed E-state index contributed by atoms with van der Waals surface area (Å²) in [5.74, 6) is 0.771. The first-order chi connectivity index (χ1) is 9.08. The van der Waals surface area contributed by atoms with E-state index in [0.717, 1.165) is 24.2 Å². The van der Waals surface area contributed by atoms with Gasteiger partial charge in [-0.15, -0.1) is 0 Å². The zero-order valence-electron chi connectivity index (χ0n) is 12.0. The summed E-state index contributed by atoms with van der Waals surface area (Å²) in [6.07, 6.45) is 2.24. The first-order valence-electron chi connectivity index (χ1n) is 6.76. The predicted molar refractivity (Wildman–Crippen MR) is 77.1 cm³/mol. The quantitative estimate of drug-likeness (QED) is 0.794. The van der Waals surface area contributed by atoms with E-state index in [2.05, 4.69) is 12.2 Å². The number of methoxy groups -OCH3 is 1. The maximum atomic E-state index is 11.9. The van der Waals surface area contributed by atoms with Crippen LogP contribution in [0, 0.1) is 0 Å². The van der Waals surface area contributed by atoms with Crippen molar-refractivity contribution >= 4 is 5.91 Å². The minimum absolute atomic E-state index is 0.0145. The topological polar surface area (TPSA) is 64.4 Å². The van der Waals surface area contributed by atoms with E-state index < -0.39 is 0 Å². The summed E-state index contributed by atoms with van der Waals surface area (Å²) in [5, 5.41) is 2.96. The third kappa shape index (κ3) is 4.91. The number of carbonyl (C=O) groups is 1. The highest BCUT2D eigenvalue weighted by molar-refractivity contribution is 5.77. The summed E-state index contributed by atoms with van der Waals surface area (Å²) in [7, 11) is 1.63. The van der Waals surface area contributed by atoms with E-state index in [1.165, 1.54) is 0 Å². The molecule has 0 aromatic heterocycles. The molecule has 1 unspecified atom stereocenters. The maximum Gasteiger partial charge on any atom is 0.222 e. The van der Waals surface area contributed by atoms with Crippen LogP contribution in [0.2, 0.25) is 0 Å². The molecule has 0 aliphatic carbocycles. The van der Waals surface area contributed by atoms with Crippen molar-refractivity contribution < 1.29 is 9.53 Å². The Morgan fingerprint density at radius 1 is 1.42 bits per heavy atom. The Morgan fingerprint density at radius 2 is 2.11 bits per heavy atom. The molecule has 0 spiro atoms. The van der Waals surface area contributed by atoms with Crippen LogP contribution in [0.25, 0.3) is 0 Å². The van der Waals surface area contributed by atoms with E-state index in [4.69, 9.17) is 10.5 Å². The van der Waals surface area contributed by atoms with E-state index in [9.17, 15) is 4.79 Å². The lowest BCUT2D eigenvalue weighted by Gasteiger charge is -2.18. The van der Waals surface area contributed by atoms with Crippen molar-refractivity contribution in [3.8, 4) is 5.75 Å². The van der Waals surface area contributed by atoms with Crippen LogP contribution in [0.3, 0.4) is 0 Å². The van der Waals surface area contributed by atoms with E-state index >= 15 is 0 Å². The number of ether oxygens (including phenoxy) is 1. The number of nitrogens with one attached hydrogen (secondary N) is 1. The van der Waals surface area contributed by atoms with Crippen molar-refractivity contribution in [1.82, 2.24) is 5.32 Å². The molecule has 4 heteroatoms. The van der Waals surface area contributed by atoms with Gasteiger partial charge in [0.25, 0.3) is 0 Å². The second-order valence-electron chi connectivity index (χ2n) is 4.78. The third-order valence-electron chi connectivity index (χ3n) is 3.09. The van der Waals surface area contributed by atoms with Crippen molar-refractivity contribution in [3.05, 3.63) is 29.8 Å². The number of hydrogen-bond donors (Lipinski definition) is 2. The molecule has 1 amide bonds. The largest absolute Gasteiger partial charge is 0.496 e. The van der Waals surface area contributed by atoms with Gasteiger partial charge in [0, 0.05) is 18.0 Å². The highest BCUT2D eigenvalue weighted by Gasteiger charge is 2.15. The molecule has 0 bridgehead atoms. The van der Waals surface area contributed by atoms with Crippen LogP contribution in [-0.2, 0) is 4.79 Å². The zero-order chi connectivity index (χ0) is 14.3. The highest BCUT2D eigenvalue weighted by atomic mass is 16.5. The van der Waals surface area contributed by atoms with Gasteiger partial charge in [-0.3, -0.25) is 4.79 Å². The standard InChI is InChI=1S/C15H24N2O2/c1-4-7-12(16)10-15(18)17-11(2)13-8-5-6-9-14(13)19-3/h5-6,8-9,11-12H,4,7,10,16H2,1-3H3,(H,17,18)/t11-,12?/m0/s1. The average molecular weight is 264 g/mol. The number of hydrogen-bond acceptors (Lipinski definition) is 3. The Kier molecular flexibility index (Phi) is 6.36. The molecule has 19 heavy (non-hydrogen) atoms. The van der Waals surface area contributed by atoms with Gasteiger partial charge in [-0.25, -0.2) is 0 Å². The summed E-state index contributed by atoms with van der Waals surface area (Å²) in [6.45, 7) is 4.01. The normalized spacial score (nSPS) is 13.7. The molecule has 0 radical (unpaired) electrons. The fraction of sp³-hybridized carbons (Fsp3) is 0.533. The Labute approximate surface area is 115 Å². The molecule has 1 aromatic carbocycles.